The summed E-state index contributed by atoms with van der Waals surface area (Å²) in [6.07, 6.45) is 5.11. The van der Waals surface area contributed by atoms with E-state index in [1.165, 1.54) is 6.26 Å². The minimum atomic E-state index is -3.15. The molecule has 146 valence electrons. The van der Waals surface area contributed by atoms with Gasteiger partial charge in [0.15, 0.2) is 9.84 Å². The van der Waals surface area contributed by atoms with Crippen molar-refractivity contribution in [3.8, 4) is 6.07 Å². The molecule has 1 N–H and O–H groups in total. The smallest absolute Gasteiger partial charge is 0.151 e. The summed E-state index contributed by atoms with van der Waals surface area (Å²) in [6.45, 7) is 2.12. The summed E-state index contributed by atoms with van der Waals surface area (Å²) in [7, 11) is -3.15. The average molecular weight is 415 g/mol. The number of aromatic amines is 1. The van der Waals surface area contributed by atoms with Crippen LogP contribution in [0.1, 0.15) is 42.9 Å². The number of nitrogens with zero attached hydrogens (tertiary/aromatic N) is 1. The summed E-state index contributed by atoms with van der Waals surface area (Å²) in [5.41, 5.74) is 3.42. The van der Waals surface area contributed by atoms with Gasteiger partial charge in [-0.25, -0.2) is 8.42 Å². The van der Waals surface area contributed by atoms with Crippen LogP contribution >= 0.6 is 11.6 Å². The van der Waals surface area contributed by atoms with Gasteiger partial charge in [-0.05, 0) is 41.7 Å². The number of nitriles is 1. The Morgan fingerprint density at radius 2 is 1.89 bits per heavy atom. The molecular weight excluding hydrogens is 392 g/mol. The Balaban J connectivity index is 2.23. The summed E-state index contributed by atoms with van der Waals surface area (Å²) in [4.78, 5) is 3.30. The van der Waals surface area contributed by atoms with Gasteiger partial charge in [-0.15, -0.1) is 0 Å². The Morgan fingerprint density at radius 3 is 2.50 bits per heavy atom. The lowest BCUT2D eigenvalue weighted by atomic mass is 9.69. The number of hydrogen-bond acceptors (Lipinski definition) is 3. The molecule has 0 saturated carbocycles. The van der Waals surface area contributed by atoms with Crippen LogP contribution in [0.25, 0.3) is 10.9 Å². The monoisotopic (exact) mass is 414 g/mol. The number of nitrogens with one attached hydrogen (secondary N) is 1. The highest BCUT2D eigenvalue weighted by molar-refractivity contribution is 7.89. The molecule has 3 rings (SSSR count). The van der Waals surface area contributed by atoms with E-state index in [0.29, 0.717) is 17.9 Å². The Kier molecular flexibility index (Phi) is 5.83. The number of sulfone groups is 1. The van der Waals surface area contributed by atoms with E-state index in [4.69, 9.17) is 11.6 Å². The van der Waals surface area contributed by atoms with Gasteiger partial charge in [0.1, 0.15) is 0 Å². The molecule has 1 heterocycles. The largest absolute Gasteiger partial charge is 0.361 e. The molecule has 0 saturated heterocycles. The molecule has 6 heteroatoms. The van der Waals surface area contributed by atoms with E-state index in [9.17, 15) is 13.7 Å². The number of halogens is 1. The zero-order chi connectivity index (χ0) is 20.4. The molecule has 0 aliphatic rings. The van der Waals surface area contributed by atoms with Gasteiger partial charge in [0, 0.05) is 40.2 Å². The molecule has 0 fully saturated rings. The Labute approximate surface area is 171 Å². The van der Waals surface area contributed by atoms with E-state index in [1.54, 1.807) is 0 Å². The summed E-state index contributed by atoms with van der Waals surface area (Å²) < 4.78 is 23.7. The van der Waals surface area contributed by atoms with Gasteiger partial charge in [-0.1, -0.05) is 48.9 Å². The first kappa shape index (κ1) is 20.4. The van der Waals surface area contributed by atoms with Crippen LogP contribution in [0.15, 0.2) is 48.7 Å². The van der Waals surface area contributed by atoms with Crippen LogP contribution in [0.5, 0.6) is 0 Å². The molecule has 0 amide bonds. The van der Waals surface area contributed by atoms with Crippen molar-refractivity contribution in [1.29, 1.82) is 5.26 Å². The average Bonchev–Trinajstić information content (AvgIpc) is 3.09. The first-order valence-electron chi connectivity index (χ1n) is 9.21. The van der Waals surface area contributed by atoms with E-state index in [1.807, 2.05) is 48.7 Å². The van der Waals surface area contributed by atoms with Crippen molar-refractivity contribution >= 4 is 32.3 Å². The first-order valence-corrected chi connectivity index (χ1v) is 11.6. The fourth-order valence-corrected chi connectivity index (χ4v) is 4.99. The second-order valence-electron chi connectivity index (χ2n) is 7.21. The van der Waals surface area contributed by atoms with Gasteiger partial charge in [0.2, 0.25) is 0 Å². The molecule has 2 aromatic carbocycles. The number of hydrogen-bond donors (Lipinski definition) is 1. The maximum absolute atomic E-state index is 11.8. The molecule has 3 aromatic rings. The summed E-state index contributed by atoms with van der Waals surface area (Å²) in [6, 6.07) is 15.8. The number of rotatable bonds is 7. The number of benzene rings is 2. The van der Waals surface area contributed by atoms with Gasteiger partial charge in [-0.3, -0.25) is 0 Å². The summed E-state index contributed by atoms with van der Waals surface area (Å²) >= 11 is 6.10. The fraction of sp³-hybridized carbons (Fsp3) is 0.318. The maximum Gasteiger partial charge on any atom is 0.151 e. The standard InChI is InChI=1S/C22H23ClN2O2S/c1-3-22(12-5-13-24,17-8-10-18(23)11-9-17)20-14-25-21-16(15-28(2,26)27)6-4-7-19(20)21/h4,6-11,14,25H,3,5,12,15H2,1-2H3. The third-order valence-corrected chi connectivity index (χ3v) is 6.49. The molecule has 0 bridgehead atoms. The lowest BCUT2D eigenvalue weighted by molar-refractivity contribution is 0.465. The minimum absolute atomic E-state index is 0.0114. The highest BCUT2D eigenvalue weighted by atomic mass is 35.5. The number of para-hydroxylation sites is 1. The van der Waals surface area contributed by atoms with Crippen molar-refractivity contribution in [1.82, 2.24) is 4.98 Å². The maximum atomic E-state index is 11.8. The van der Waals surface area contributed by atoms with Gasteiger partial charge in [-0.2, -0.15) is 5.26 Å². The Morgan fingerprint density at radius 1 is 1.18 bits per heavy atom. The fourth-order valence-electron chi connectivity index (χ4n) is 4.06. The molecule has 1 aromatic heterocycles. The van der Waals surface area contributed by atoms with Crippen LogP contribution in [0, 0.1) is 11.3 Å². The zero-order valence-corrected chi connectivity index (χ0v) is 17.6. The SMILES string of the molecule is CCC(CCC#N)(c1ccc(Cl)cc1)c1c[nH]c2c(CS(C)(=O)=O)cccc12. The normalized spacial score (nSPS) is 13.9. The van der Waals surface area contributed by atoms with Crippen molar-refractivity contribution in [3.63, 3.8) is 0 Å². The molecule has 1 atom stereocenters. The second kappa shape index (κ2) is 7.98. The number of H-pyrrole nitrogens is 1. The second-order valence-corrected chi connectivity index (χ2v) is 9.79. The molecule has 0 aliphatic heterocycles. The molecular formula is C22H23ClN2O2S. The van der Waals surface area contributed by atoms with E-state index < -0.39 is 9.84 Å². The van der Waals surface area contributed by atoms with Gasteiger partial charge in [0.25, 0.3) is 0 Å². The van der Waals surface area contributed by atoms with Crippen molar-refractivity contribution in [3.05, 3.63) is 70.4 Å². The van der Waals surface area contributed by atoms with E-state index in [-0.39, 0.29) is 11.2 Å². The van der Waals surface area contributed by atoms with Crippen LogP contribution in [-0.4, -0.2) is 19.7 Å². The quantitative estimate of drug-likeness (QED) is 0.565. The third kappa shape index (κ3) is 3.94. The van der Waals surface area contributed by atoms with Crippen molar-refractivity contribution in [2.24, 2.45) is 0 Å². The molecule has 28 heavy (non-hydrogen) atoms. The summed E-state index contributed by atoms with van der Waals surface area (Å²) in [5.74, 6) is -0.0114. The van der Waals surface area contributed by atoms with Crippen molar-refractivity contribution in [2.45, 2.75) is 37.4 Å². The van der Waals surface area contributed by atoms with Gasteiger partial charge in [0.05, 0.1) is 11.8 Å². The molecule has 0 aliphatic carbocycles. The van der Waals surface area contributed by atoms with E-state index in [2.05, 4.69) is 18.0 Å². The molecule has 4 nitrogen and oxygen atoms in total. The number of fused-ring (bicyclic) bond motifs is 1. The van der Waals surface area contributed by atoms with Gasteiger partial charge >= 0.3 is 0 Å². The molecule has 0 spiro atoms. The minimum Gasteiger partial charge on any atom is -0.361 e. The van der Waals surface area contributed by atoms with Crippen molar-refractivity contribution in [2.75, 3.05) is 6.26 Å². The van der Waals surface area contributed by atoms with Crippen molar-refractivity contribution < 1.29 is 8.42 Å². The first-order chi connectivity index (χ1) is 13.3. The van der Waals surface area contributed by atoms with E-state index >= 15 is 0 Å². The highest BCUT2D eigenvalue weighted by Gasteiger charge is 2.34. The van der Waals surface area contributed by atoms with Crippen LogP contribution in [-0.2, 0) is 21.0 Å². The van der Waals surface area contributed by atoms with Crippen LogP contribution < -0.4 is 0 Å². The van der Waals surface area contributed by atoms with Crippen LogP contribution in [0.3, 0.4) is 0 Å². The van der Waals surface area contributed by atoms with E-state index in [0.717, 1.165) is 34.0 Å². The predicted octanol–water partition coefficient (Wildman–Crippen LogP) is 5.37. The summed E-state index contributed by atoms with van der Waals surface area (Å²) in [5, 5.41) is 10.9. The van der Waals surface area contributed by atoms with Crippen LogP contribution in [0.2, 0.25) is 5.02 Å². The molecule has 0 radical (unpaired) electrons. The third-order valence-electron chi connectivity index (χ3n) is 5.40. The zero-order valence-electron chi connectivity index (χ0n) is 16.0. The lowest BCUT2D eigenvalue weighted by Crippen LogP contribution is -2.26. The molecule has 1 unspecified atom stereocenters. The van der Waals surface area contributed by atoms with Gasteiger partial charge < -0.3 is 4.98 Å². The Bertz CT molecular complexity index is 1130. The lowest BCUT2D eigenvalue weighted by Gasteiger charge is -2.33. The topological polar surface area (TPSA) is 73.7 Å². The predicted molar refractivity (Wildman–Crippen MR) is 114 cm³/mol. The Hall–Kier alpha value is -2.29. The van der Waals surface area contributed by atoms with Crippen LogP contribution in [0.4, 0.5) is 0 Å². The number of aromatic nitrogens is 1. The highest BCUT2D eigenvalue weighted by Crippen LogP contribution is 2.43.